The number of hydrogen-bond acceptors (Lipinski definition) is 6. The number of nitrogens with one attached hydrogen (secondary N) is 1. The molecule has 1 N–H and O–H groups in total. The van der Waals surface area contributed by atoms with E-state index in [1.54, 1.807) is 13.1 Å². The molecule has 2 aromatic rings. The molecule has 8 nitrogen and oxygen atoms in total. The molecule has 20 heavy (non-hydrogen) atoms. The summed E-state index contributed by atoms with van der Waals surface area (Å²) < 4.78 is 11.7. The first-order valence-corrected chi connectivity index (χ1v) is 6.33. The third kappa shape index (κ3) is 3.81. The molecule has 108 valence electrons. The first-order valence-electron chi connectivity index (χ1n) is 6.33. The van der Waals surface area contributed by atoms with Crippen LogP contribution in [0.1, 0.15) is 17.9 Å². The van der Waals surface area contributed by atoms with Gasteiger partial charge in [-0.1, -0.05) is 5.16 Å². The summed E-state index contributed by atoms with van der Waals surface area (Å²) in [5.74, 6) is 1.22. The van der Waals surface area contributed by atoms with E-state index in [4.69, 9.17) is 4.74 Å². The number of aromatic nitrogens is 4. The predicted molar refractivity (Wildman–Crippen MR) is 69.1 cm³/mol. The molecule has 2 heterocycles. The molecule has 0 bridgehead atoms. The van der Waals surface area contributed by atoms with Crippen LogP contribution in [-0.4, -0.2) is 38.9 Å². The second kappa shape index (κ2) is 6.69. The summed E-state index contributed by atoms with van der Waals surface area (Å²) in [6.07, 6.45) is 3.98. The van der Waals surface area contributed by atoms with Crippen LogP contribution in [0, 0.1) is 13.8 Å². The van der Waals surface area contributed by atoms with E-state index in [1.807, 2.05) is 17.7 Å². The Labute approximate surface area is 116 Å². The molecule has 0 aromatic carbocycles. The SMILES string of the molecule is Cc1nonc1OCCNC(=O)CCn1ccnc1C. The summed E-state index contributed by atoms with van der Waals surface area (Å²) in [5.41, 5.74) is 0.590. The summed E-state index contributed by atoms with van der Waals surface area (Å²) >= 11 is 0. The van der Waals surface area contributed by atoms with Gasteiger partial charge in [0, 0.05) is 25.4 Å². The molecule has 0 aliphatic carbocycles. The van der Waals surface area contributed by atoms with E-state index in [0.717, 1.165) is 5.82 Å². The zero-order valence-electron chi connectivity index (χ0n) is 11.5. The number of ether oxygens (including phenoxy) is 1. The molecule has 0 saturated heterocycles. The molecule has 2 rings (SSSR count). The lowest BCUT2D eigenvalue weighted by Crippen LogP contribution is -2.28. The molecule has 0 radical (unpaired) electrons. The topological polar surface area (TPSA) is 95.1 Å². The number of nitrogens with zero attached hydrogens (tertiary/aromatic N) is 4. The summed E-state index contributed by atoms with van der Waals surface area (Å²) in [4.78, 5) is 15.7. The highest BCUT2D eigenvalue weighted by molar-refractivity contribution is 5.75. The first-order chi connectivity index (χ1) is 9.66. The van der Waals surface area contributed by atoms with Gasteiger partial charge in [0.2, 0.25) is 5.91 Å². The van der Waals surface area contributed by atoms with Crippen molar-refractivity contribution in [2.75, 3.05) is 13.2 Å². The molecular weight excluding hydrogens is 262 g/mol. The predicted octanol–water partition coefficient (Wildman–Crippen LogP) is 0.468. The van der Waals surface area contributed by atoms with Gasteiger partial charge in [0.15, 0.2) is 0 Å². The second-order valence-corrected chi connectivity index (χ2v) is 4.27. The highest BCUT2D eigenvalue weighted by atomic mass is 16.6. The molecule has 0 spiro atoms. The van der Waals surface area contributed by atoms with E-state index in [-0.39, 0.29) is 5.91 Å². The molecule has 8 heteroatoms. The number of carbonyl (C=O) groups is 1. The van der Waals surface area contributed by atoms with Gasteiger partial charge in [-0.3, -0.25) is 4.79 Å². The Bertz CT molecular complexity index is 563. The maximum atomic E-state index is 11.6. The minimum absolute atomic E-state index is 0.0308. The van der Waals surface area contributed by atoms with Gasteiger partial charge in [-0.2, -0.15) is 0 Å². The smallest absolute Gasteiger partial charge is 0.278 e. The van der Waals surface area contributed by atoms with Crippen molar-refractivity contribution in [3.8, 4) is 5.88 Å². The Balaban J connectivity index is 1.61. The fourth-order valence-electron chi connectivity index (χ4n) is 1.64. The zero-order valence-corrected chi connectivity index (χ0v) is 11.5. The third-order valence-corrected chi connectivity index (χ3v) is 2.78. The van der Waals surface area contributed by atoms with Crippen molar-refractivity contribution in [1.29, 1.82) is 0 Å². The Morgan fingerprint density at radius 1 is 1.45 bits per heavy atom. The standard InChI is InChI=1S/C12H17N5O3/c1-9-12(16-20-15-9)19-8-5-14-11(18)3-6-17-7-4-13-10(17)2/h4,7H,3,5-6,8H2,1-2H3,(H,14,18). The Hall–Kier alpha value is -2.38. The molecule has 2 aromatic heterocycles. The van der Waals surface area contributed by atoms with E-state index in [0.29, 0.717) is 37.7 Å². The van der Waals surface area contributed by atoms with Crippen molar-refractivity contribution in [2.45, 2.75) is 26.8 Å². The van der Waals surface area contributed by atoms with E-state index >= 15 is 0 Å². The molecule has 0 saturated carbocycles. The van der Waals surface area contributed by atoms with Gasteiger partial charge < -0.3 is 14.6 Å². The molecular formula is C12H17N5O3. The largest absolute Gasteiger partial charge is 0.472 e. The lowest BCUT2D eigenvalue weighted by molar-refractivity contribution is -0.121. The van der Waals surface area contributed by atoms with Gasteiger partial charge in [-0.25, -0.2) is 9.61 Å². The minimum atomic E-state index is -0.0308. The maximum Gasteiger partial charge on any atom is 0.278 e. The Morgan fingerprint density at radius 2 is 2.30 bits per heavy atom. The lowest BCUT2D eigenvalue weighted by atomic mass is 10.4. The highest BCUT2D eigenvalue weighted by Gasteiger charge is 2.06. The lowest BCUT2D eigenvalue weighted by Gasteiger charge is -2.07. The fourth-order valence-corrected chi connectivity index (χ4v) is 1.64. The van der Waals surface area contributed by atoms with E-state index in [2.05, 4.69) is 25.2 Å². The summed E-state index contributed by atoms with van der Waals surface area (Å²) in [6.45, 7) is 4.99. The summed E-state index contributed by atoms with van der Waals surface area (Å²) in [7, 11) is 0. The summed E-state index contributed by atoms with van der Waals surface area (Å²) in [5, 5.41) is 9.94. The number of amides is 1. The van der Waals surface area contributed by atoms with Crippen LogP contribution in [0.3, 0.4) is 0 Å². The van der Waals surface area contributed by atoms with Crippen molar-refractivity contribution in [2.24, 2.45) is 0 Å². The van der Waals surface area contributed by atoms with Crippen LogP contribution in [0.15, 0.2) is 17.0 Å². The van der Waals surface area contributed by atoms with Gasteiger partial charge in [0.1, 0.15) is 18.1 Å². The number of rotatable bonds is 7. The van der Waals surface area contributed by atoms with Crippen molar-refractivity contribution in [1.82, 2.24) is 25.2 Å². The van der Waals surface area contributed by atoms with Crippen molar-refractivity contribution in [3.63, 3.8) is 0 Å². The molecule has 1 amide bonds. The van der Waals surface area contributed by atoms with Gasteiger partial charge in [-0.15, -0.1) is 0 Å². The van der Waals surface area contributed by atoms with Crippen LogP contribution in [0.25, 0.3) is 0 Å². The van der Waals surface area contributed by atoms with Crippen molar-refractivity contribution < 1.29 is 14.2 Å². The van der Waals surface area contributed by atoms with E-state index in [1.165, 1.54) is 0 Å². The van der Waals surface area contributed by atoms with Crippen molar-refractivity contribution in [3.05, 3.63) is 23.9 Å². The zero-order chi connectivity index (χ0) is 14.4. The van der Waals surface area contributed by atoms with Gasteiger partial charge >= 0.3 is 0 Å². The number of carbonyl (C=O) groups excluding carboxylic acids is 1. The number of hydrogen-bond donors (Lipinski definition) is 1. The third-order valence-electron chi connectivity index (χ3n) is 2.78. The average molecular weight is 279 g/mol. The molecule has 0 aliphatic heterocycles. The Morgan fingerprint density at radius 3 is 2.95 bits per heavy atom. The molecule has 0 unspecified atom stereocenters. The highest BCUT2D eigenvalue weighted by Crippen LogP contribution is 2.09. The van der Waals surface area contributed by atoms with Crippen LogP contribution >= 0.6 is 0 Å². The monoisotopic (exact) mass is 279 g/mol. The van der Waals surface area contributed by atoms with Gasteiger partial charge in [0.25, 0.3) is 5.88 Å². The van der Waals surface area contributed by atoms with E-state index < -0.39 is 0 Å². The fraction of sp³-hybridized carbons (Fsp3) is 0.500. The number of imidazole rings is 1. The second-order valence-electron chi connectivity index (χ2n) is 4.27. The van der Waals surface area contributed by atoms with Crippen LogP contribution < -0.4 is 10.1 Å². The van der Waals surface area contributed by atoms with Crippen LogP contribution in [0.2, 0.25) is 0 Å². The quantitative estimate of drug-likeness (QED) is 0.740. The number of aryl methyl sites for hydroxylation is 3. The first kappa shape index (κ1) is 14.0. The normalized spacial score (nSPS) is 10.5. The van der Waals surface area contributed by atoms with Crippen LogP contribution in [0.4, 0.5) is 0 Å². The molecule has 0 aliphatic rings. The van der Waals surface area contributed by atoms with Gasteiger partial charge in [-0.05, 0) is 19.0 Å². The average Bonchev–Trinajstić information content (AvgIpc) is 3.01. The molecule has 0 atom stereocenters. The van der Waals surface area contributed by atoms with E-state index in [9.17, 15) is 4.79 Å². The maximum absolute atomic E-state index is 11.6. The van der Waals surface area contributed by atoms with Crippen LogP contribution in [-0.2, 0) is 11.3 Å². The van der Waals surface area contributed by atoms with Crippen LogP contribution in [0.5, 0.6) is 5.88 Å². The van der Waals surface area contributed by atoms with Crippen molar-refractivity contribution >= 4 is 5.91 Å². The minimum Gasteiger partial charge on any atom is -0.472 e. The molecule has 0 fully saturated rings. The van der Waals surface area contributed by atoms with Gasteiger partial charge in [0.05, 0.1) is 6.54 Å². The Kier molecular flexibility index (Phi) is 4.70. The summed E-state index contributed by atoms with van der Waals surface area (Å²) in [6, 6.07) is 0.